The van der Waals surface area contributed by atoms with Crippen molar-refractivity contribution >= 4 is 11.6 Å². The second kappa shape index (κ2) is 6.11. The fourth-order valence-electron chi connectivity index (χ4n) is 1.22. The highest BCUT2D eigenvalue weighted by molar-refractivity contribution is 5.90. The number of aromatic nitrogens is 2. The first-order valence-electron chi connectivity index (χ1n) is 5.31. The average Bonchev–Trinajstić information content (AvgIpc) is 2.22. The third-order valence-corrected chi connectivity index (χ3v) is 2.07. The molecule has 1 aromatic heterocycles. The van der Waals surface area contributed by atoms with Crippen LogP contribution < -0.4 is 5.32 Å². The minimum atomic E-state index is 0.0379. The normalized spacial score (nSPS) is 10.0. The van der Waals surface area contributed by atoms with Crippen LogP contribution >= 0.6 is 0 Å². The van der Waals surface area contributed by atoms with Gasteiger partial charge in [0.25, 0.3) is 0 Å². The number of nitrogens with one attached hydrogen (secondary N) is 1. The van der Waals surface area contributed by atoms with Gasteiger partial charge >= 0.3 is 0 Å². The number of amides is 1. The molecule has 82 valence electrons. The molecule has 0 bridgehead atoms. The molecule has 15 heavy (non-hydrogen) atoms. The standard InChI is InChI=1S/C11H17N3O/c1-3-4-5-6-11(15)14-10-7-12-9(2)13-8-10/h7-8H,3-6H2,1-2H3,(H,14,15). The highest BCUT2D eigenvalue weighted by Crippen LogP contribution is 2.05. The maximum absolute atomic E-state index is 11.4. The summed E-state index contributed by atoms with van der Waals surface area (Å²) in [6, 6.07) is 0. The molecule has 4 nitrogen and oxygen atoms in total. The topological polar surface area (TPSA) is 54.9 Å². The molecule has 0 unspecified atom stereocenters. The Kier molecular flexibility index (Phi) is 4.74. The van der Waals surface area contributed by atoms with Crippen molar-refractivity contribution in [3.63, 3.8) is 0 Å². The van der Waals surface area contributed by atoms with E-state index in [9.17, 15) is 4.79 Å². The summed E-state index contributed by atoms with van der Waals surface area (Å²) in [5.41, 5.74) is 0.669. The highest BCUT2D eigenvalue weighted by Gasteiger charge is 2.01. The van der Waals surface area contributed by atoms with Crippen LogP contribution in [0.3, 0.4) is 0 Å². The van der Waals surface area contributed by atoms with E-state index in [2.05, 4.69) is 22.2 Å². The van der Waals surface area contributed by atoms with Gasteiger partial charge < -0.3 is 5.32 Å². The van der Waals surface area contributed by atoms with Crippen molar-refractivity contribution in [3.05, 3.63) is 18.2 Å². The lowest BCUT2D eigenvalue weighted by Gasteiger charge is -2.03. The van der Waals surface area contributed by atoms with Gasteiger partial charge in [0.15, 0.2) is 0 Å². The van der Waals surface area contributed by atoms with E-state index in [0.29, 0.717) is 17.9 Å². The SMILES string of the molecule is CCCCCC(=O)Nc1cnc(C)nc1. The van der Waals surface area contributed by atoms with Crippen LogP contribution in [0.15, 0.2) is 12.4 Å². The Balaban J connectivity index is 2.34. The van der Waals surface area contributed by atoms with Crippen molar-refractivity contribution in [2.45, 2.75) is 39.5 Å². The van der Waals surface area contributed by atoms with Crippen LogP contribution in [0.25, 0.3) is 0 Å². The second-order valence-corrected chi connectivity index (χ2v) is 3.52. The van der Waals surface area contributed by atoms with E-state index in [1.165, 1.54) is 0 Å². The van der Waals surface area contributed by atoms with Crippen LogP contribution in [0.2, 0.25) is 0 Å². The number of carbonyl (C=O) groups excluding carboxylic acids is 1. The van der Waals surface area contributed by atoms with Gasteiger partial charge in [0.1, 0.15) is 5.82 Å². The van der Waals surface area contributed by atoms with E-state index in [1.54, 1.807) is 12.4 Å². The van der Waals surface area contributed by atoms with Crippen molar-refractivity contribution in [1.82, 2.24) is 9.97 Å². The lowest BCUT2D eigenvalue weighted by Crippen LogP contribution is -2.11. The third-order valence-electron chi connectivity index (χ3n) is 2.07. The van der Waals surface area contributed by atoms with Crippen LogP contribution in [0.1, 0.15) is 38.4 Å². The van der Waals surface area contributed by atoms with Gasteiger partial charge in [0.2, 0.25) is 5.91 Å². The lowest BCUT2D eigenvalue weighted by atomic mass is 10.2. The number of hydrogen-bond donors (Lipinski definition) is 1. The summed E-state index contributed by atoms with van der Waals surface area (Å²) in [6.45, 7) is 3.93. The first kappa shape index (κ1) is 11.6. The largest absolute Gasteiger partial charge is 0.323 e. The molecule has 1 rings (SSSR count). The van der Waals surface area contributed by atoms with E-state index >= 15 is 0 Å². The van der Waals surface area contributed by atoms with E-state index < -0.39 is 0 Å². The maximum Gasteiger partial charge on any atom is 0.224 e. The minimum Gasteiger partial charge on any atom is -0.323 e. The maximum atomic E-state index is 11.4. The average molecular weight is 207 g/mol. The van der Waals surface area contributed by atoms with Crippen LogP contribution in [0, 0.1) is 6.92 Å². The molecule has 0 aliphatic heterocycles. The van der Waals surface area contributed by atoms with Gasteiger partial charge in [-0.1, -0.05) is 19.8 Å². The Hall–Kier alpha value is -1.45. The molecule has 0 spiro atoms. The predicted molar refractivity (Wildman–Crippen MR) is 59.5 cm³/mol. The summed E-state index contributed by atoms with van der Waals surface area (Å²) in [6.07, 6.45) is 6.98. The molecule has 0 fully saturated rings. The van der Waals surface area contributed by atoms with Crippen LogP contribution in [0.4, 0.5) is 5.69 Å². The van der Waals surface area contributed by atoms with Crippen molar-refractivity contribution in [1.29, 1.82) is 0 Å². The van der Waals surface area contributed by atoms with E-state index in [0.717, 1.165) is 19.3 Å². The molecule has 1 aromatic rings. The fourth-order valence-corrected chi connectivity index (χ4v) is 1.22. The van der Waals surface area contributed by atoms with E-state index in [-0.39, 0.29) is 5.91 Å². The zero-order chi connectivity index (χ0) is 11.1. The summed E-state index contributed by atoms with van der Waals surface area (Å²) >= 11 is 0. The summed E-state index contributed by atoms with van der Waals surface area (Å²) in [7, 11) is 0. The van der Waals surface area contributed by atoms with Gasteiger partial charge in [-0.15, -0.1) is 0 Å². The molecule has 0 aliphatic rings. The summed E-state index contributed by atoms with van der Waals surface area (Å²) < 4.78 is 0. The van der Waals surface area contributed by atoms with Crippen LogP contribution in [-0.4, -0.2) is 15.9 Å². The molecule has 1 N–H and O–H groups in total. The minimum absolute atomic E-state index is 0.0379. The van der Waals surface area contributed by atoms with Crippen molar-refractivity contribution in [2.75, 3.05) is 5.32 Å². The smallest absolute Gasteiger partial charge is 0.224 e. The molecule has 0 atom stereocenters. The Labute approximate surface area is 90.1 Å². The van der Waals surface area contributed by atoms with Crippen molar-refractivity contribution < 1.29 is 4.79 Å². The molecule has 0 aliphatic carbocycles. The van der Waals surface area contributed by atoms with Crippen LogP contribution in [0.5, 0.6) is 0 Å². The van der Waals surface area contributed by atoms with E-state index in [4.69, 9.17) is 0 Å². The number of carbonyl (C=O) groups is 1. The van der Waals surface area contributed by atoms with E-state index in [1.807, 2.05) is 6.92 Å². The number of hydrogen-bond acceptors (Lipinski definition) is 3. The molecule has 0 saturated carbocycles. The second-order valence-electron chi connectivity index (χ2n) is 3.52. The van der Waals surface area contributed by atoms with Gasteiger partial charge in [-0.05, 0) is 13.3 Å². The Bertz CT molecular complexity index is 308. The molecular weight excluding hydrogens is 190 g/mol. The summed E-state index contributed by atoms with van der Waals surface area (Å²) in [5.74, 6) is 0.745. The molecule has 0 radical (unpaired) electrons. The zero-order valence-electron chi connectivity index (χ0n) is 9.29. The van der Waals surface area contributed by atoms with Gasteiger partial charge in [-0.2, -0.15) is 0 Å². The first-order valence-corrected chi connectivity index (χ1v) is 5.31. The Morgan fingerprint density at radius 3 is 2.60 bits per heavy atom. The summed E-state index contributed by atoms with van der Waals surface area (Å²) in [4.78, 5) is 19.4. The van der Waals surface area contributed by atoms with Gasteiger partial charge in [0, 0.05) is 6.42 Å². The predicted octanol–water partition coefficient (Wildman–Crippen LogP) is 2.30. The Morgan fingerprint density at radius 2 is 2.00 bits per heavy atom. The number of nitrogens with zero attached hydrogens (tertiary/aromatic N) is 2. The van der Waals surface area contributed by atoms with Gasteiger partial charge in [-0.25, -0.2) is 9.97 Å². The molecular formula is C11H17N3O. The van der Waals surface area contributed by atoms with Crippen molar-refractivity contribution in [2.24, 2.45) is 0 Å². The first-order chi connectivity index (χ1) is 7.22. The molecule has 1 amide bonds. The number of aryl methyl sites for hydroxylation is 1. The quantitative estimate of drug-likeness (QED) is 0.754. The van der Waals surface area contributed by atoms with Gasteiger partial charge in [-0.3, -0.25) is 4.79 Å². The van der Waals surface area contributed by atoms with Gasteiger partial charge in [0.05, 0.1) is 18.1 Å². The lowest BCUT2D eigenvalue weighted by molar-refractivity contribution is -0.116. The molecule has 1 heterocycles. The molecule has 0 aromatic carbocycles. The number of anilines is 1. The van der Waals surface area contributed by atoms with Crippen LogP contribution in [-0.2, 0) is 4.79 Å². The van der Waals surface area contributed by atoms with Crippen molar-refractivity contribution in [3.8, 4) is 0 Å². The fraction of sp³-hybridized carbons (Fsp3) is 0.545. The number of rotatable bonds is 5. The summed E-state index contributed by atoms with van der Waals surface area (Å²) in [5, 5.41) is 2.76. The zero-order valence-corrected chi connectivity index (χ0v) is 9.29. The molecule has 0 saturated heterocycles. The highest BCUT2D eigenvalue weighted by atomic mass is 16.1. The molecule has 4 heteroatoms. The third kappa shape index (κ3) is 4.54. The monoisotopic (exact) mass is 207 g/mol. The Morgan fingerprint density at radius 1 is 1.33 bits per heavy atom. The number of unbranched alkanes of at least 4 members (excludes halogenated alkanes) is 2.